The summed E-state index contributed by atoms with van der Waals surface area (Å²) in [6.07, 6.45) is 0. The van der Waals surface area contributed by atoms with Crippen LogP contribution in [0.4, 0.5) is 0 Å². The first-order chi connectivity index (χ1) is 7.63. The SMILES string of the molecule is COc1ccc(Br)c(-n2c(C)n[nH]c2=S)c1. The van der Waals surface area contributed by atoms with Gasteiger partial charge in [-0.05, 0) is 47.2 Å². The molecule has 0 radical (unpaired) electrons. The highest BCUT2D eigenvalue weighted by Gasteiger charge is 2.08. The molecule has 0 saturated heterocycles. The van der Waals surface area contributed by atoms with E-state index in [0.29, 0.717) is 4.77 Å². The molecule has 0 spiro atoms. The van der Waals surface area contributed by atoms with Gasteiger partial charge in [-0.25, -0.2) is 0 Å². The Labute approximate surface area is 106 Å². The van der Waals surface area contributed by atoms with Crippen LogP contribution in [0.2, 0.25) is 0 Å². The monoisotopic (exact) mass is 299 g/mol. The minimum Gasteiger partial charge on any atom is -0.497 e. The average Bonchev–Trinajstić information content (AvgIpc) is 2.60. The maximum Gasteiger partial charge on any atom is 0.199 e. The van der Waals surface area contributed by atoms with Crippen LogP contribution in [0.5, 0.6) is 5.75 Å². The Kier molecular flexibility index (Phi) is 3.11. The van der Waals surface area contributed by atoms with Crippen LogP contribution >= 0.6 is 28.1 Å². The number of H-pyrrole nitrogens is 1. The van der Waals surface area contributed by atoms with E-state index in [1.807, 2.05) is 29.7 Å². The molecule has 0 aliphatic carbocycles. The van der Waals surface area contributed by atoms with Crippen LogP contribution in [0.25, 0.3) is 5.69 Å². The van der Waals surface area contributed by atoms with Gasteiger partial charge in [0, 0.05) is 10.5 Å². The largest absolute Gasteiger partial charge is 0.497 e. The molecular formula is C10H10BrN3OS. The van der Waals surface area contributed by atoms with Crippen LogP contribution in [-0.4, -0.2) is 21.9 Å². The van der Waals surface area contributed by atoms with Crippen molar-refractivity contribution in [2.45, 2.75) is 6.92 Å². The van der Waals surface area contributed by atoms with E-state index in [9.17, 15) is 0 Å². The number of nitrogens with one attached hydrogen (secondary N) is 1. The molecule has 0 fully saturated rings. The van der Waals surface area contributed by atoms with Gasteiger partial charge in [0.05, 0.1) is 12.8 Å². The summed E-state index contributed by atoms with van der Waals surface area (Å²) in [5.41, 5.74) is 0.913. The number of aryl methyl sites for hydroxylation is 1. The lowest BCUT2D eigenvalue weighted by Gasteiger charge is -2.08. The fourth-order valence-electron chi connectivity index (χ4n) is 1.45. The smallest absolute Gasteiger partial charge is 0.199 e. The number of benzene rings is 1. The maximum absolute atomic E-state index is 5.19. The Hall–Kier alpha value is -1.14. The van der Waals surface area contributed by atoms with Crippen LogP contribution < -0.4 is 4.74 Å². The number of ether oxygens (including phenoxy) is 1. The molecule has 0 unspecified atom stereocenters. The fraction of sp³-hybridized carbons (Fsp3) is 0.200. The molecule has 0 aliphatic heterocycles. The maximum atomic E-state index is 5.19. The molecule has 1 N–H and O–H groups in total. The van der Waals surface area contributed by atoms with Crippen LogP contribution in [0.3, 0.4) is 0 Å². The zero-order valence-corrected chi connectivity index (χ0v) is 11.2. The van der Waals surface area contributed by atoms with E-state index in [4.69, 9.17) is 17.0 Å². The third-order valence-electron chi connectivity index (χ3n) is 2.23. The van der Waals surface area contributed by atoms with Crippen molar-refractivity contribution in [3.05, 3.63) is 33.3 Å². The third-order valence-corrected chi connectivity index (χ3v) is 3.18. The number of hydrogen-bond acceptors (Lipinski definition) is 3. The van der Waals surface area contributed by atoms with Crippen LogP contribution in [0, 0.1) is 11.7 Å². The molecule has 4 nitrogen and oxygen atoms in total. The Morgan fingerprint density at radius 2 is 2.25 bits per heavy atom. The standard InChI is InChI=1S/C10H10BrN3OS/c1-6-12-13-10(16)14(6)9-5-7(15-2)3-4-8(9)11/h3-5H,1-2H3,(H,13,16). The van der Waals surface area contributed by atoms with Gasteiger partial charge in [0.2, 0.25) is 0 Å². The van der Waals surface area contributed by atoms with E-state index in [2.05, 4.69) is 26.1 Å². The van der Waals surface area contributed by atoms with Gasteiger partial charge in [-0.2, -0.15) is 5.10 Å². The molecule has 2 aromatic rings. The number of aromatic nitrogens is 3. The summed E-state index contributed by atoms with van der Waals surface area (Å²) in [5.74, 6) is 1.58. The van der Waals surface area contributed by atoms with Crippen LogP contribution in [-0.2, 0) is 0 Å². The lowest BCUT2D eigenvalue weighted by Crippen LogP contribution is -1.99. The van der Waals surface area contributed by atoms with E-state index >= 15 is 0 Å². The summed E-state index contributed by atoms with van der Waals surface area (Å²) < 4.78 is 8.54. The van der Waals surface area contributed by atoms with Gasteiger partial charge in [-0.15, -0.1) is 0 Å². The fourth-order valence-corrected chi connectivity index (χ4v) is 2.15. The number of aromatic amines is 1. The van der Waals surface area contributed by atoms with Gasteiger partial charge in [-0.1, -0.05) is 0 Å². The topological polar surface area (TPSA) is 42.8 Å². The second kappa shape index (κ2) is 4.39. The first kappa shape index (κ1) is 11.3. The normalized spacial score (nSPS) is 10.4. The minimum atomic E-state index is 0.562. The van der Waals surface area contributed by atoms with E-state index in [-0.39, 0.29) is 0 Å². The van der Waals surface area contributed by atoms with Crippen molar-refractivity contribution in [2.75, 3.05) is 7.11 Å². The summed E-state index contributed by atoms with van der Waals surface area (Å²) >= 11 is 8.66. The minimum absolute atomic E-state index is 0.562. The van der Waals surface area contributed by atoms with E-state index in [0.717, 1.165) is 21.7 Å². The quantitative estimate of drug-likeness (QED) is 0.867. The van der Waals surface area contributed by atoms with Crippen molar-refractivity contribution < 1.29 is 4.74 Å². The summed E-state index contributed by atoms with van der Waals surface area (Å²) in [6.45, 7) is 1.89. The molecule has 2 rings (SSSR count). The molecule has 0 saturated carbocycles. The predicted molar refractivity (Wildman–Crippen MR) is 67.7 cm³/mol. The van der Waals surface area contributed by atoms with Crippen molar-refractivity contribution in [2.24, 2.45) is 0 Å². The second-order valence-electron chi connectivity index (χ2n) is 3.23. The first-order valence-electron chi connectivity index (χ1n) is 4.61. The number of halogens is 1. The van der Waals surface area contributed by atoms with Crippen molar-refractivity contribution >= 4 is 28.1 Å². The molecule has 0 aliphatic rings. The molecule has 1 aromatic carbocycles. The Balaban J connectivity index is 2.68. The van der Waals surface area contributed by atoms with Gasteiger partial charge in [0.15, 0.2) is 4.77 Å². The summed E-state index contributed by atoms with van der Waals surface area (Å²) in [4.78, 5) is 0. The molecular weight excluding hydrogens is 290 g/mol. The summed E-state index contributed by atoms with van der Waals surface area (Å²) in [6, 6.07) is 5.71. The molecule has 0 atom stereocenters. The Morgan fingerprint density at radius 1 is 1.50 bits per heavy atom. The Morgan fingerprint density at radius 3 is 2.81 bits per heavy atom. The number of rotatable bonds is 2. The zero-order chi connectivity index (χ0) is 11.7. The Bertz CT molecular complexity index is 576. The van der Waals surface area contributed by atoms with Crippen molar-refractivity contribution in [1.82, 2.24) is 14.8 Å². The summed E-state index contributed by atoms with van der Waals surface area (Å²) in [7, 11) is 1.63. The van der Waals surface area contributed by atoms with Gasteiger partial charge in [0.25, 0.3) is 0 Å². The third kappa shape index (κ3) is 1.90. The molecule has 16 heavy (non-hydrogen) atoms. The lowest BCUT2D eigenvalue weighted by atomic mass is 10.3. The molecule has 1 aromatic heterocycles. The molecule has 0 bridgehead atoms. The van der Waals surface area contributed by atoms with Crippen molar-refractivity contribution in [1.29, 1.82) is 0 Å². The van der Waals surface area contributed by atoms with Crippen LogP contribution in [0.15, 0.2) is 22.7 Å². The molecule has 84 valence electrons. The van der Waals surface area contributed by atoms with E-state index < -0.39 is 0 Å². The van der Waals surface area contributed by atoms with Crippen LogP contribution in [0.1, 0.15) is 5.82 Å². The summed E-state index contributed by atoms with van der Waals surface area (Å²) in [5, 5.41) is 6.83. The van der Waals surface area contributed by atoms with Crippen molar-refractivity contribution in [3.8, 4) is 11.4 Å². The van der Waals surface area contributed by atoms with E-state index in [1.165, 1.54) is 0 Å². The highest BCUT2D eigenvalue weighted by Crippen LogP contribution is 2.26. The first-order valence-corrected chi connectivity index (χ1v) is 5.81. The van der Waals surface area contributed by atoms with Gasteiger partial charge >= 0.3 is 0 Å². The highest BCUT2D eigenvalue weighted by atomic mass is 79.9. The van der Waals surface area contributed by atoms with Gasteiger partial charge in [-0.3, -0.25) is 9.67 Å². The number of nitrogens with zero attached hydrogens (tertiary/aromatic N) is 2. The molecule has 6 heteroatoms. The van der Waals surface area contributed by atoms with Gasteiger partial charge in [0.1, 0.15) is 11.6 Å². The van der Waals surface area contributed by atoms with Crippen molar-refractivity contribution in [3.63, 3.8) is 0 Å². The number of methoxy groups -OCH3 is 1. The average molecular weight is 300 g/mol. The molecule has 0 amide bonds. The lowest BCUT2D eigenvalue weighted by molar-refractivity contribution is 0.414. The second-order valence-corrected chi connectivity index (χ2v) is 4.47. The highest BCUT2D eigenvalue weighted by molar-refractivity contribution is 9.10. The zero-order valence-electron chi connectivity index (χ0n) is 8.82. The van der Waals surface area contributed by atoms with Gasteiger partial charge < -0.3 is 4.74 Å². The number of hydrogen-bond donors (Lipinski definition) is 1. The predicted octanol–water partition coefficient (Wildman–Crippen LogP) is 3.01. The molecule has 1 heterocycles. The van der Waals surface area contributed by atoms with E-state index in [1.54, 1.807) is 7.11 Å².